The number of para-hydroxylation sites is 1. The smallest absolute Gasteiger partial charge is 0.379 e. The number of likely N-dealkylation sites (N-methyl/N-ethyl adjacent to an activating group) is 1. The summed E-state index contributed by atoms with van der Waals surface area (Å²) < 4.78 is 17.2. The van der Waals surface area contributed by atoms with Crippen molar-refractivity contribution >= 4 is 40.4 Å². The third kappa shape index (κ3) is 4.21. The van der Waals surface area contributed by atoms with E-state index in [-0.39, 0.29) is 27.5 Å². The molecule has 4 heterocycles. The van der Waals surface area contributed by atoms with Crippen molar-refractivity contribution in [3.8, 4) is 5.75 Å². The van der Waals surface area contributed by atoms with Gasteiger partial charge in [0.2, 0.25) is 5.76 Å². The summed E-state index contributed by atoms with van der Waals surface area (Å²) in [6.07, 6.45) is 1.37. The molecular weight excluding hydrogens is 546 g/mol. The normalized spacial score (nSPS) is 17.2. The fraction of sp³-hybridized carbons (Fsp3) is 0.167. The number of fused-ring (bicyclic) bond motifs is 2. The number of anilines is 1. The zero-order valence-electron chi connectivity index (χ0n) is 22.2. The maximum Gasteiger partial charge on any atom is 0.379 e. The molecule has 0 fully saturated rings. The van der Waals surface area contributed by atoms with Crippen molar-refractivity contribution in [3.05, 3.63) is 115 Å². The van der Waals surface area contributed by atoms with Crippen LogP contribution in [0.2, 0.25) is 0 Å². The molecule has 1 atom stereocenters. The summed E-state index contributed by atoms with van der Waals surface area (Å²) in [6.45, 7) is 4.00. The summed E-state index contributed by atoms with van der Waals surface area (Å²) >= 11 is 1.11. The van der Waals surface area contributed by atoms with E-state index in [1.807, 2.05) is 31.2 Å². The van der Waals surface area contributed by atoms with Gasteiger partial charge in [0.05, 0.1) is 41.9 Å². The van der Waals surface area contributed by atoms with Gasteiger partial charge in [0, 0.05) is 12.1 Å². The summed E-state index contributed by atoms with van der Waals surface area (Å²) in [5.41, 5.74) is 2.41. The lowest BCUT2D eigenvalue weighted by Crippen LogP contribution is -2.40. The van der Waals surface area contributed by atoms with Crippen molar-refractivity contribution in [1.82, 2.24) is 4.57 Å². The predicted molar refractivity (Wildman–Crippen MR) is 149 cm³/mol. The van der Waals surface area contributed by atoms with Crippen LogP contribution in [0.3, 0.4) is 0 Å². The molecule has 0 spiro atoms. The Morgan fingerprint density at radius 3 is 2.46 bits per heavy atom. The molecule has 11 heteroatoms. The second kappa shape index (κ2) is 10.2. The summed E-state index contributed by atoms with van der Waals surface area (Å²) in [5, 5.41) is 0. The van der Waals surface area contributed by atoms with Crippen LogP contribution in [0.4, 0.5) is 5.69 Å². The van der Waals surface area contributed by atoms with E-state index in [0.29, 0.717) is 33.7 Å². The number of aromatic nitrogens is 1. The number of methoxy groups -OCH3 is 1. The molecule has 0 radical (unpaired) electrons. The largest absolute Gasteiger partial charge is 0.466 e. The monoisotopic (exact) mass is 569 g/mol. The number of furan rings is 1. The van der Waals surface area contributed by atoms with Crippen LogP contribution in [-0.2, 0) is 14.3 Å². The number of thiazole rings is 1. The fourth-order valence-electron chi connectivity index (χ4n) is 5.14. The number of carbonyl (C=O) groups is 3. The van der Waals surface area contributed by atoms with Gasteiger partial charge in [0.15, 0.2) is 4.80 Å². The minimum Gasteiger partial charge on any atom is -0.466 e. The molecule has 1 unspecified atom stereocenters. The molecule has 0 saturated heterocycles. The number of amides is 1. The predicted octanol–water partition coefficient (Wildman–Crippen LogP) is 2.96. The van der Waals surface area contributed by atoms with Crippen molar-refractivity contribution in [2.75, 3.05) is 18.6 Å². The first-order valence-corrected chi connectivity index (χ1v) is 13.6. The van der Waals surface area contributed by atoms with Crippen molar-refractivity contribution < 1.29 is 28.3 Å². The first kappa shape index (κ1) is 26.2. The van der Waals surface area contributed by atoms with Crippen LogP contribution < -0.4 is 24.5 Å². The van der Waals surface area contributed by atoms with E-state index in [0.717, 1.165) is 17.0 Å². The summed E-state index contributed by atoms with van der Waals surface area (Å²) in [7, 11) is 1.26. The van der Waals surface area contributed by atoms with Crippen LogP contribution in [0.25, 0.3) is 5.57 Å². The number of ether oxygens (including phenoxy) is 2. The lowest BCUT2D eigenvalue weighted by molar-refractivity contribution is -0.136. The standard InChI is InChI=1S/C30H23N3O7S/c1-4-32-20-9-6-5-8-19(20)23(26(32)34)25-27(35)33-24(22(29(37)38-3)16(2)31-30(33)41-25)17-11-13-18(14-12-17)40-28(36)21-10-7-15-39-21/h5-15,24H,4H2,1-3H3/b25-23+. The Kier molecular flexibility index (Phi) is 6.50. The van der Waals surface area contributed by atoms with Crippen LogP contribution >= 0.6 is 11.3 Å². The maximum absolute atomic E-state index is 14.1. The molecule has 2 aromatic carbocycles. The van der Waals surface area contributed by atoms with Crippen molar-refractivity contribution in [1.29, 1.82) is 0 Å². The van der Waals surface area contributed by atoms with Gasteiger partial charge < -0.3 is 18.8 Å². The molecule has 206 valence electrons. The second-order valence-electron chi connectivity index (χ2n) is 9.27. The van der Waals surface area contributed by atoms with Gasteiger partial charge in [-0.3, -0.25) is 14.2 Å². The van der Waals surface area contributed by atoms with Gasteiger partial charge in [-0.2, -0.15) is 0 Å². The molecule has 0 saturated carbocycles. The van der Waals surface area contributed by atoms with Crippen LogP contribution in [-0.4, -0.2) is 36.1 Å². The lowest BCUT2D eigenvalue weighted by Gasteiger charge is -2.24. The number of nitrogens with zero attached hydrogens (tertiary/aromatic N) is 3. The second-order valence-corrected chi connectivity index (χ2v) is 10.2. The van der Waals surface area contributed by atoms with Crippen LogP contribution in [0.1, 0.15) is 41.6 Å². The molecule has 0 N–H and O–H groups in total. The molecule has 2 aromatic heterocycles. The first-order chi connectivity index (χ1) is 19.8. The number of rotatable bonds is 5. The van der Waals surface area contributed by atoms with Gasteiger partial charge in [-0.15, -0.1) is 0 Å². The number of benzene rings is 2. The van der Waals surface area contributed by atoms with Crippen LogP contribution in [0.15, 0.2) is 92.4 Å². The Hall–Kier alpha value is -5.03. The number of hydrogen-bond acceptors (Lipinski definition) is 9. The van der Waals surface area contributed by atoms with Crippen molar-refractivity contribution in [3.63, 3.8) is 0 Å². The number of carbonyl (C=O) groups excluding carboxylic acids is 3. The molecule has 4 aromatic rings. The highest BCUT2D eigenvalue weighted by atomic mass is 32.1. The molecule has 0 bridgehead atoms. The quantitative estimate of drug-likeness (QED) is 0.268. The summed E-state index contributed by atoms with van der Waals surface area (Å²) in [6, 6.07) is 16.0. The zero-order chi connectivity index (χ0) is 28.8. The van der Waals surface area contributed by atoms with Gasteiger partial charge in [0.1, 0.15) is 10.3 Å². The molecule has 0 aliphatic carbocycles. The Morgan fingerprint density at radius 1 is 1.02 bits per heavy atom. The van der Waals surface area contributed by atoms with E-state index in [4.69, 9.17) is 13.9 Å². The number of allylic oxidation sites excluding steroid dienone is 1. The average Bonchev–Trinajstić information content (AvgIpc) is 3.69. The minimum atomic E-state index is -0.892. The highest BCUT2D eigenvalue weighted by molar-refractivity contribution is 7.07. The van der Waals surface area contributed by atoms with Crippen LogP contribution in [0, 0.1) is 0 Å². The molecule has 1 amide bonds. The molecule has 41 heavy (non-hydrogen) atoms. The summed E-state index contributed by atoms with van der Waals surface area (Å²) in [5.74, 6) is -1.26. The van der Waals surface area contributed by atoms with Gasteiger partial charge in [0.25, 0.3) is 11.5 Å². The lowest BCUT2D eigenvalue weighted by atomic mass is 9.96. The molecule has 2 aliphatic heterocycles. The Bertz CT molecular complexity index is 1930. The van der Waals surface area contributed by atoms with Gasteiger partial charge in [-0.05, 0) is 49.7 Å². The highest BCUT2D eigenvalue weighted by Crippen LogP contribution is 2.35. The van der Waals surface area contributed by atoms with Gasteiger partial charge >= 0.3 is 11.9 Å². The third-order valence-electron chi connectivity index (χ3n) is 7.00. The Labute approximate surface area is 237 Å². The molecule has 6 rings (SSSR count). The topological polar surface area (TPSA) is 120 Å². The maximum atomic E-state index is 14.1. The average molecular weight is 570 g/mol. The van der Waals surface area contributed by atoms with E-state index in [1.165, 1.54) is 24.0 Å². The third-order valence-corrected chi connectivity index (χ3v) is 8.05. The van der Waals surface area contributed by atoms with E-state index < -0.39 is 23.5 Å². The zero-order valence-corrected chi connectivity index (χ0v) is 23.1. The Morgan fingerprint density at radius 2 is 1.78 bits per heavy atom. The van der Waals surface area contributed by atoms with Gasteiger partial charge in [-0.25, -0.2) is 14.6 Å². The van der Waals surface area contributed by atoms with Crippen molar-refractivity contribution in [2.45, 2.75) is 19.9 Å². The Balaban J connectivity index is 1.51. The van der Waals surface area contributed by atoms with E-state index in [2.05, 4.69) is 4.99 Å². The molecular formula is C30H23N3O7S. The van der Waals surface area contributed by atoms with Crippen LogP contribution in [0.5, 0.6) is 5.75 Å². The van der Waals surface area contributed by atoms with Crippen molar-refractivity contribution in [2.24, 2.45) is 4.99 Å². The van der Waals surface area contributed by atoms with E-state index >= 15 is 0 Å². The highest BCUT2D eigenvalue weighted by Gasteiger charge is 2.36. The van der Waals surface area contributed by atoms with E-state index in [1.54, 1.807) is 42.2 Å². The SMILES string of the molecule is CCN1C(=O)/C(=c2/sc3n(c2=O)C(c2ccc(OC(=O)c4ccco4)cc2)C(C(=O)OC)=C(C)N=3)c2ccccc21. The first-order valence-electron chi connectivity index (χ1n) is 12.7. The van der Waals surface area contributed by atoms with E-state index in [9.17, 15) is 19.2 Å². The summed E-state index contributed by atoms with van der Waals surface area (Å²) in [4.78, 5) is 59.4. The number of hydrogen-bond donors (Lipinski definition) is 0. The van der Waals surface area contributed by atoms with Gasteiger partial charge in [-0.1, -0.05) is 41.7 Å². The minimum absolute atomic E-state index is 0.0543. The number of esters is 2. The molecule has 2 aliphatic rings. The molecule has 10 nitrogen and oxygen atoms in total. The fourth-order valence-corrected chi connectivity index (χ4v) is 6.28.